The molecule has 0 aliphatic heterocycles. The van der Waals surface area contributed by atoms with E-state index in [0.29, 0.717) is 6.10 Å². The molecule has 3 unspecified atom stereocenters. The van der Waals surface area contributed by atoms with E-state index in [4.69, 9.17) is 22.1 Å². The Morgan fingerprint density at radius 2 is 2.20 bits per heavy atom. The van der Waals surface area contributed by atoms with Gasteiger partial charge in [-0.2, -0.15) is 0 Å². The van der Waals surface area contributed by atoms with Crippen LogP contribution in [0, 0.1) is 5.92 Å². The summed E-state index contributed by atoms with van der Waals surface area (Å²) in [5, 5.41) is 0.753. The molecule has 1 aromatic rings. The van der Waals surface area contributed by atoms with E-state index in [2.05, 4.69) is 6.92 Å². The second kappa shape index (κ2) is 7.33. The molecular formula is C17H26ClNO. The average Bonchev–Trinajstić information content (AvgIpc) is 2.41. The normalized spacial score (nSPS) is 24.4. The Kier molecular flexibility index (Phi) is 5.74. The predicted octanol–water partition coefficient (Wildman–Crippen LogP) is 4.58. The van der Waals surface area contributed by atoms with Crippen LogP contribution in [-0.2, 0) is 6.42 Å². The molecule has 0 bridgehead atoms. The van der Waals surface area contributed by atoms with Gasteiger partial charge in [0.25, 0.3) is 0 Å². The van der Waals surface area contributed by atoms with Gasteiger partial charge < -0.3 is 10.5 Å². The average molecular weight is 296 g/mol. The Hall–Kier alpha value is -0.730. The van der Waals surface area contributed by atoms with Gasteiger partial charge in [0.1, 0.15) is 5.75 Å². The van der Waals surface area contributed by atoms with Gasteiger partial charge in [-0.05, 0) is 62.3 Å². The number of hydrogen-bond donors (Lipinski definition) is 1. The Labute approximate surface area is 127 Å². The molecule has 3 atom stereocenters. The molecule has 2 rings (SSSR count). The first-order valence-electron chi connectivity index (χ1n) is 7.79. The zero-order valence-electron chi connectivity index (χ0n) is 12.6. The van der Waals surface area contributed by atoms with Crippen LogP contribution < -0.4 is 10.5 Å². The maximum atomic E-state index is 6.26. The third-order valence-corrected chi connectivity index (χ3v) is 4.41. The Balaban J connectivity index is 2.07. The van der Waals surface area contributed by atoms with Crippen LogP contribution in [0.15, 0.2) is 18.2 Å². The van der Waals surface area contributed by atoms with E-state index in [9.17, 15) is 0 Å². The first-order valence-corrected chi connectivity index (χ1v) is 8.17. The smallest absolute Gasteiger partial charge is 0.123 e. The van der Waals surface area contributed by atoms with Gasteiger partial charge in [0.15, 0.2) is 0 Å². The first-order chi connectivity index (χ1) is 9.58. The SMILES string of the molecule is CCC1CCCC(Oc2ccc(Cl)cc2CC(C)N)C1. The van der Waals surface area contributed by atoms with Crippen molar-refractivity contribution in [2.75, 3.05) is 0 Å². The fraction of sp³-hybridized carbons (Fsp3) is 0.647. The van der Waals surface area contributed by atoms with Gasteiger partial charge in [0, 0.05) is 11.1 Å². The molecule has 1 saturated carbocycles. The molecule has 3 heteroatoms. The second-order valence-electron chi connectivity index (χ2n) is 6.11. The van der Waals surface area contributed by atoms with Gasteiger partial charge in [-0.3, -0.25) is 0 Å². The summed E-state index contributed by atoms with van der Waals surface area (Å²) >= 11 is 6.09. The summed E-state index contributed by atoms with van der Waals surface area (Å²) in [5.74, 6) is 1.78. The van der Waals surface area contributed by atoms with Crippen molar-refractivity contribution in [3.8, 4) is 5.75 Å². The van der Waals surface area contributed by atoms with Gasteiger partial charge in [0.05, 0.1) is 6.10 Å². The molecule has 1 aliphatic carbocycles. The van der Waals surface area contributed by atoms with Crippen LogP contribution in [0.25, 0.3) is 0 Å². The molecule has 0 radical (unpaired) electrons. The maximum Gasteiger partial charge on any atom is 0.123 e. The van der Waals surface area contributed by atoms with Gasteiger partial charge in [0.2, 0.25) is 0 Å². The molecule has 0 amide bonds. The summed E-state index contributed by atoms with van der Waals surface area (Å²) in [6.07, 6.45) is 7.38. The summed E-state index contributed by atoms with van der Waals surface area (Å²) in [6.45, 7) is 4.29. The minimum atomic E-state index is 0.116. The molecule has 2 nitrogen and oxygen atoms in total. The van der Waals surface area contributed by atoms with Crippen LogP contribution in [0.1, 0.15) is 51.5 Å². The minimum Gasteiger partial charge on any atom is -0.490 e. The summed E-state index contributed by atoms with van der Waals surface area (Å²) in [6, 6.07) is 6.00. The second-order valence-corrected chi connectivity index (χ2v) is 6.55. The zero-order chi connectivity index (χ0) is 14.5. The van der Waals surface area contributed by atoms with Crippen molar-refractivity contribution < 1.29 is 4.74 Å². The molecule has 1 aliphatic rings. The quantitative estimate of drug-likeness (QED) is 0.863. The van der Waals surface area contributed by atoms with Crippen LogP contribution in [0.3, 0.4) is 0 Å². The highest BCUT2D eigenvalue weighted by molar-refractivity contribution is 6.30. The highest BCUT2D eigenvalue weighted by Crippen LogP contribution is 2.32. The van der Waals surface area contributed by atoms with Crippen LogP contribution >= 0.6 is 11.6 Å². The Morgan fingerprint density at radius 3 is 2.90 bits per heavy atom. The van der Waals surface area contributed by atoms with Crippen molar-refractivity contribution in [3.05, 3.63) is 28.8 Å². The number of ether oxygens (including phenoxy) is 1. The van der Waals surface area contributed by atoms with E-state index >= 15 is 0 Å². The number of nitrogens with two attached hydrogens (primary N) is 1. The monoisotopic (exact) mass is 295 g/mol. The predicted molar refractivity (Wildman–Crippen MR) is 85.5 cm³/mol. The van der Waals surface area contributed by atoms with Crippen molar-refractivity contribution in [2.24, 2.45) is 11.7 Å². The highest BCUT2D eigenvalue weighted by Gasteiger charge is 2.23. The van der Waals surface area contributed by atoms with E-state index in [1.54, 1.807) is 0 Å². The Bertz CT molecular complexity index is 433. The highest BCUT2D eigenvalue weighted by atomic mass is 35.5. The van der Waals surface area contributed by atoms with E-state index in [-0.39, 0.29) is 6.04 Å². The molecule has 1 fully saturated rings. The van der Waals surface area contributed by atoms with Gasteiger partial charge in [-0.15, -0.1) is 0 Å². The lowest BCUT2D eigenvalue weighted by Gasteiger charge is -2.29. The van der Waals surface area contributed by atoms with Crippen molar-refractivity contribution in [1.29, 1.82) is 0 Å². The van der Waals surface area contributed by atoms with Crippen molar-refractivity contribution in [3.63, 3.8) is 0 Å². The van der Waals surface area contributed by atoms with Crippen LogP contribution in [0.2, 0.25) is 5.02 Å². The van der Waals surface area contributed by atoms with Crippen molar-refractivity contribution in [1.82, 2.24) is 0 Å². The molecule has 1 aromatic carbocycles. The topological polar surface area (TPSA) is 35.2 Å². The van der Waals surface area contributed by atoms with Gasteiger partial charge >= 0.3 is 0 Å². The van der Waals surface area contributed by atoms with Crippen LogP contribution in [-0.4, -0.2) is 12.1 Å². The molecule has 0 saturated heterocycles. The number of halogens is 1. The lowest BCUT2D eigenvalue weighted by molar-refractivity contribution is 0.121. The standard InChI is InChI=1S/C17H26ClNO/c1-3-13-5-4-6-16(10-13)20-17-8-7-15(18)11-14(17)9-12(2)19/h7-8,11-13,16H,3-6,9-10,19H2,1-2H3. The molecular weight excluding hydrogens is 270 g/mol. The molecule has 20 heavy (non-hydrogen) atoms. The third kappa shape index (κ3) is 4.39. The molecule has 0 aromatic heterocycles. The largest absolute Gasteiger partial charge is 0.490 e. The summed E-state index contributed by atoms with van der Waals surface area (Å²) in [4.78, 5) is 0. The van der Waals surface area contributed by atoms with E-state index in [1.165, 1.54) is 25.7 Å². The zero-order valence-corrected chi connectivity index (χ0v) is 13.3. The first kappa shape index (κ1) is 15.7. The number of rotatable bonds is 5. The van der Waals surface area contributed by atoms with Gasteiger partial charge in [-0.25, -0.2) is 0 Å². The van der Waals surface area contributed by atoms with Crippen LogP contribution in [0.4, 0.5) is 0 Å². The Morgan fingerprint density at radius 1 is 1.40 bits per heavy atom. The van der Waals surface area contributed by atoms with E-state index < -0.39 is 0 Å². The fourth-order valence-corrected chi connectivity index (χ4v) is 3.26. The number of benzene rings is 1. The molecule has 0 heterocycles. The summed E-state index contributed by atoms with van der Waals surface area (Å²) in [7, 11) is 0. The summed E-state index contributed by atoms with van der Waals surface area (Å²) < 4.78 is 6.26. The minimum absolute atomic E-state index is 0.116. The van der Waals surface area contributed by atoms with Gasteiger partial charge in [-0.1, -0.05) is 31.4 Å². The summed E-state index contributed by atoms with van der Waals surface area (Å²) in [5.41, 5.74) is 7.05. The molecule has 2 N–H and O–H groups in total. The van der Waals surface area contributed by atoms with Crippen molar-refractivity contribution >= 4 is 11.6 Å². The molecule has 0 spiro atoms. The van der Waals surface area contributed by atoms with E-state index in [0.717, 1.165) is 35.1 Å². The fourth-order valence-electron chi connectivity index (χ4n) is 3.07. The van der Waals surface area contributed by atoms with Crippen LogP contribution in [0.5, 0.6) is 5.75 Å². The lowest BCUT2D eigenvalue weighted by atomic mass is 9.85. The number of hydrogen-bond acceptors (Lipinski definition) is 2. The molecule has 112 valence electrons. The van der Waals surface area contributed by atoms with E-state index in [1.807, 2.05) is 25.1 Å². The maximum absolute atomic E-state index is 6.26. The van der Waals surface area contributed by atoms with Crippen molar-refractivity contribution in [2.45, 2.75) is 64.5 Å². The lowest BCUT2D eigenvalue weighted by Crippen LogP contribution is -2.26. The third-order valence-electron chi connectivity index (χ3n) is 4.17.